The SMILES string of the molecule is CC(=O)c1ccc(NCCC2CCNC2)cc1. The number of anilines is 1. The van der Waals surface area contributed by atoms with Crippen LogP contribution in [0, 0.1) is 5.92 Å². The molecular formula is C14H20N2O. The number of carbonyl (C=O) groups excluding carboxylic acids is 1. The van der Waals surface area contributed by atoms with Crippen molar-refractivity contribution < 1.29 is 4.79 Å². The van der Waals surface area contributed by atoms with Crippen molar-refractivity contribution >= 4 is 11.5 Å². The van der Waals surface area contributed by atoms with Gasteiger partial charge in [0.15, 0.2) is 5.78 Å². The molecular weight excluding hydrogens is 212 g/mol. The highest BCUT2D eigenvalue weighted by Crippen LogP contribution is 2.14. The number of benzene rings is 1. The maximum atomic E-state index is 11.1. The third-order valence-electron chi connectivity index (χ3n) is 3.34. The second-order valence-corrected chi connectivity index (χ2v) is 4.71. The first kappa shape index (κ1) is 12.1. The molecule has 17 heavy (non-hydrogen) atoms. The van der Waals surface area contributed by atoms with Gasteiger partial charge in [-0.15, -0.1) is 0 Å². The van der Waals surface area contributed by atoms with E-state index in [0.717, 1.165) is 36.8 Å². The van der Waals surface area contributed by atoms with Crippen molar-refractivity contribution in [3.05, 3.63) is 29.8 Å². The van der Waals surface area contributed by atoms with Crippen LogP contribution in [0.15, 0.2) is 24.3 Å². The van der Waals surface area contributed by atoms with Crippen LogP contribution in [0.4, 0.5) is 5.69 Å². The van der Waals surface area contributed by atoms with E-state index < -0.39 is 0 Å². The molecule has 2 rings (SSSR count). The van der Waals surface area contributed by atoms with Gasteiger partial charge in [-0.25, -0.2) is 0 Å². The molecule has 0 aromatic heterocycles. The Hall–Kier alpha value is -1.35. The zero-order valence-electron chi connectivity index (χ0n) is 10.3. The lowest BCUT2D eigenvalue weighted by atomic mass is 10.1. The Labute approximate surface area is 103 Å². The molecule has 0 radical (unpaired) electrons. The van der Waals surface area contributed by atoms with Gasteiger partial charge in [-0.3, -0.25) is 4.79 Å². The number of hydrogen-bond acceptors (Lipinski definition) is 3. The maximum absolute atomic E-state index is 11.1. The average Bonchev–Trinajstić information content (AvgIpc) is 2.83. The average molecular weight is 232 g/mol. The van der Waals surface area contributed by atoms with E-state index >= 15 is 0 Å². The lowest BCUT2D eigenvalue weighted by molar-refractivity contribution is 0.101. The molecule has 1 unspecified atom stereocenters. The van der Waals surface area contributed by atoms with Gasteiger partial charge < -0.3 is 10.6 Å². The monoisotopic (exact) mass is 232 g/mol. The molecule has 1 atom stereocenters. The van der Waals surface area contributed by atoms with Crippen LogP contribution in [0.3, 0.4) is 0 Å². The predicted octanol–water partition coefficient (Wildman–Crippen LogP) is 2.30. The van der Waals surface area contributed by atoms with E-state index in [4.69, 9.17) is 0 Å². The van der Waals surface area contributed by atoms with Gasteiger partial charge in [-0.2, -0.15) is 0 Å². The summed E-state index contributed by atoms with van der Waals surface area (Å²) in [6.45, 7) is 4.92. The van der Waals surface area contributed by atoms with Gasteiger partial charge in [-0.1, -0.05) is 0 Å². The van der Waals surface area contributed by atoms with Crippen molar-refractivity contribution in [1.29, 1.82) is 0 Å². The molecule has 1 aliphatic heterocycles. The van der Waals surface area contributed by atoms with E-state index in [1.54, 1.807) is 6.92 Å². The Bertz CT molecular complexity index is 366. The molecule has 0 amide bonds. The number of carbonyl (C=O) groups is 1. The lowest BCUT2D eigenvalue weighted by Gasteiger charge is -2.10. The first-order valence-electron chi connectivity index (χ1n) is 6.31. The van der Waals surface area contributed by atoms with Crippen LogP contribution in [0.5, 0.6) is 0 Å². The fourth-order valence-corrected chi connectivity index (χ4v) is 2.20. The minimum Gasteiger partial charge on any atom is -0.385 e. The van der Waals surface area contributed by atoms with Gasteiger partial charge in [0, 0.05) is 17.8 Å². The highest BCUT2D eigenvalue weighted by atomic mass is 16.1. The number of Topliss-reactive ketones (excluding diaryl/α,β-unsaturated/α-hetero) is 1. The van der Waals surface area contributed by atoms with Crippen LogP contribution in [0.25, 0.3) is 0 Å². The molecule has 1 fully saturated rings. The first-order valence-corrected chi connectivity index (χ1v) is 6.31. The van der Waals surface area contributed by atoms with Crippen LogP contribution in [-0.4, -0.2) is 25.4 Å². The fraction of sp³-hybridized carbons (Fsp3) is 0.500. The van der Waals surface area contributed by atoms with Crippen molar-refractivity contribution in [2.24, 2.45) is 5.92 Å². The van der Waals surface area contributed by atoms with E-state index in [9.17, 15) is 4.79 Å². The molecule has 0 aliphatic carbocycles. The molecule has 1 saturated heterocycles. The van der Waals surface area contributed by atoms with Crippen LogP contribution in [0.2, 0.25) is 0 Å². The summed E-state index contributed by atoms with van der Waals surface area (Å²) in [5.74, 6) is 0.938. The van der Waals surface area contributed by atoms with E-state index in [0.29, 0.717) is 0 Å². The van der Waals surface area contributed by atoms with Crippen LogP contribution in [-0.2, 0) is 0 Å². The molecule has 3 heteroatoms. The highest BCUT2D eigenvalue weighted by molar-refractivity contribution is 5.94. The summed E-state index contributed by atoms with van der Waals surface area (Å²) in [5, 5.41) is 6.77. The van der Waals surface area contributed by atoms with Gasteiger partial charge in [0.1, 0.15) is 0 Å². The molecule has 0 bridgehead atoms. The number of ketones is 1. The van der Waals surface area contributed by atoms with E-state index in [1.165, 1.54) is 12.8 Å². The fourth-order valence-electron chi connectivity index (χ4n) is 2.20. The van der Waals surface area contributed by atoms with Gasteiger partial charge >= 0.3 is 0 Å². The number of nitrogens with one attached hydrogen (secondary N) is 2. The minimum absolute atomic E-state index is 0.119. The smallest absolute Gasteiger partial charge is 0.159 e. The summed E-state index contributed by atoms with van der Waals surface area (Å²) >= 11 is 0. The molecule has 1 aliphatic rings. The van der Waals surface area contributed by atoms with E-state index in [1.807, 2.05) is 24.3 Å². The maximum Gasteiger partial charge on any atom is 0.159 e. The Morgan fingerprint density at radius 2 is 2.18 bits per heavy atom. The standard InChI is InChI=1S/C14H20N2O/c1-11(17)13-2-4-14(5-3-13)16-9-7-12-6-8-15-10-12/h2-5,12,15-16H,6-10H2,1H3. The Kier molecular flexibility index (Phi) is 4.15. The minimum atomic E-state index is 0.119. The topological polar surface area (TPSA) is 41.1 Å². The molecule has 1 heterocycles. The Balaban J connectivity index is 1.76. The van der Waals surface area contributed by atoms with Crippen molar-refractivity contribution in [3.8, 4) is 0 Å². The number of hydrogen-bond donors (Lipinski definition) is 2. The Morgan fingerprint density at radius 3 is 2.76 bits per heavy atom. The van der Waals surface area contributed by atoms with Crippen molar-refractivity contribution in [1.82, 2.24) is 5.32 Å². The summed E-state index contributed by atoms with van der Waals surface area (Å²) in [5.41, 5.74) is 1.87. The summed E-state index contributed by atoms with van der Waals surface area (Å²) in [6.07, 6.45) is 2.51. The van der Waals surface area contributed by atoms with Crippen molar-refractivity contribution in [3.63, 3.8) is 0 Å². The molecule has 0 saturated carbocycles. The van der Waals surface area contributed by atoms with Gasteiger partial charge in [-0.05, 0) is 63.0 Å². The summed E-state index contributed by atoms with van der Waals surface area (Å²) in [6, 6.07) is 7.71. The normalized spacial score (nSPS) is 19.2. The highest BCUT2D eigenvalue weighted by Gasteiger charge is 2.13. The molecule has 0 spiro atoms. The van der Waals surface area contributed by atoms with Gasteiger partial charge in [0.05, 0.1) is 0 Å². The molecule has 1 aromatic rings. The first-order chi connectivity index (χ1) is 8.25. The predicted molar refractivity (Wildman–Crippen MR) is 70.5 cm³/mol. The molecule has 3 nitrogen and oxygen atoms in total. The third-order valence-corrected chi connectivity index (χ3v) is 3.34. The van der Waals surface area contributed by atoms with Crippen LogP contribution in [0.1, 0.15) is 30.1 Å². The van der Waals surface area contributed by atoms with Gasteiger partial charge in [0.2, 0.25) is 0 Å². The summed E-state index contributed by atoms with van der Waals surface area (Å²) < 4.78 is 0. The number of rotatable bonds is 5. The molecule has 1 aromatic carbocycles. The molecule has 2 N–H and O–H groups in total. The van der Waals surface area contributed by atoms with E-state index in [2.05, 4.69) is 10.6 Å². The second-order valence-electron chi connectivity index (χ2n) is 4.71. The summed E-state index contributed by atoms with van der Waals surface area (Å²) in [4.78, 5) is 11.1. The zero-order chi connectivity index (χ0) is 12.1. The molecule has 92 valence electrons. The third kappa shape index (κ3) is 3.56. The lowest BCUT2D eigenvalue weighted by Crippen LogP contribution is -2.12. The van der Waals surface area contributed by atoms with Crippen molar-refractivity contribution in [2.45, 2.75) is 19.8 Å². The quantitative estimate of drug-likeness (QED) is 0.765. The second kappa shape index (κ2) is 5.82. The largest absolute Gasteiger partial charge is 0.385 e. The van der Waals surface area contributed by atoms with E-state index in [-0.39, 0.29) is 5.78 Å². The van der Waals surface area contributed by atoms with Crippen LogP contribution < -0.4 is 10.6 Å². The Morgan fingerprint density at radius 1 is 1.41 bits per heavy atom. The zero-order valence-corrected chi connectivity index (χ0v) is 10.3. The van der Waals surface area contributed by atoms with Gasteiger partial charge in [0.25, 0.3) is 0 Å². The van der Waals surface area contributed by atoms with Crippen molar-refractivity contribution in [2.75, 3.05) is 25.0 Å². The summed E-state index contributed by atoms with van der Waals surface area (Å²) in [7, 11) is 0. The van der Waals surface area contributed by atoms with Crippen LogP contribution >= 0.6 is 0 Å².